The highest BCUT2D eigenvalue weighted by molar-refractivity contribution is 6.32. The fourth-order valence-corrected chi connectivity index (χ4v) is 1.45. The molecule has 100 valence electrons. The van der Waals surface area contributed by atoms with Crippen LogP contribution in [-0.4, -0.2) is 26.5 Å². The lowest BCUT2D eigenvalue weighted by atomic mass is 9.98. The number of nitrogens with zero attached hydrogens (tertiary/aromatic N) is 2. The molecule has 0 aromatic carbocycles. The first-order chi connectivity index (χ1) is 8.29. The molecule has 18 heavy (non-hydrogen) atoms. The zero-order chi connectivity index (χ0) is 13.9. The Hall–Kier alpha value is -1.33. The van der Waals surface area contributed by atoms with Gasteiger partial charge in [-0.2, -0.15) is 5.10 Å². The van der Waals surface area contributed by atoms with E-state index in [0.29, 0.717) is 12.2 Å². The van der Waals surface area contributed by atoms with Crippen molar-refractivity contribution >= 4 is 17.3 Å². The van der Waals surface area contributed by atoms with Gasteiger partial charge >= 0.3 is 0 Å². The molecule has 0 saturated heterocycles. The summed E-state index contributed by atoms with van der Waals surface area (Å²) in [5, 5.41) is 16.7. The fourth-order valence-electron chi connectivity index (χ4n) is 1.26. The zero-order valence-electron chi connectivity index (χ0n) is 10.8. The van der Waals surface area contributed by atoms with Crippen molar-refractivity contribution in [1.29, 1.82) is 0 Å². The molecule has 1 heterocycles. The molecule has 1 rings (SSSR count). The van der Waals surface area contributed by atoms with E-state index in [-0.39, 0.29) is 10.6 Å². The monoisotopic (exact) mass is 271 g/mol. The van der Waals surface area contributed by atoms with Gasteiger partial charge in [0.05, 0.1) is 30.1 Å². The molecule has 0 fully saturated rings. The van der Waals surface area contributed by atoms with E-state index in [2.05, 4.69) is 17.0 Å². The van der Waals surface area contributed by atoms with Crippen molar-refractivity contribution in [2.24, 2.45) is 0 Å². The maximum Gasteiger partial charge on any atom is 0.287 e. The first kappa shape index (κ1) is 14.7. The standard InChI is InChI=1S/C12H18ClN3O2/c1-5-6-16-11(18)10(13)9(7-14-16)15-12(3,4)8(2)17/h5,7-8,15,17H,1,6H2,2-4H3. The number of halogens is 1. The molecular weight excluding hydrogens is 254 g/mol. The molecule has 2 N–H and O–H groups in total. The molecule has 6 heteroatoms. The number of hydrogen-bond acceptors (Lipinski definition) is 4. The summed E-state index contributed by atoms with van der Waals surface area (Å²) in [4.78, 5) is 11.9. The smallest absolute Gasteiger partial charge is 0.287 e. The first-order valence-corrected chi connectivity index (χ1v) is 6.00. The third-order valence-electron chi connectivity index (χ3n) is 2.79. The number of aliphatic hydroxyl groups is 1. The van der Waals surface area contributed by atoms with E-state index in [1.807, 2.05) is 13.8 Å². The summed E-state index contributed by atoms with van der Waals surface area (Å²) in [6, 6.07) is 0. The third kappa shape index (κ3) is 3.11. The van der Waals surface area contributed by atoms with E-state index in [1.165, 1.54) is 10.9 Å². The molecule has 1 atom stereocenters. The lowest BCUT2D eigenvalue weighted by Crippen LogP contribution is -2.42. The molecule has 0 aliphatic carbocycles. The van der Waals surface area contributed by atoms with Crippen LogP contribution in [0.25, 0.3) is 0 Å². The van der Waals surface area contributed by atoms with E-state index < -0.39 is 11.6 Å². The average Bonchev–Trinajstić information content (AvgIpc) is 2.28. The Balaban J connectivity index is 3.10. The van der Waals surface area contributed by atoms with Crippen LogP contribution in [-0.2, 0) is 6.54 Å². The van der Waals surface area contributed by atoms with Gasteiger partial charge < -0.3 is 10.4 Å². The first-order valence-electron chi connectivity index (χ1n) is 5.62. The van der Waals surface area contributed by atoms with E-state index in [4.69, 9.17) is 11.6 Å². The van der Waals surface area contributed by atoms with Crippen LogP contribution in [0.4, 0.5) is 5.69 Å². The highest BCUT2D eigenvalue weighted by Gasteiger charge is 2.25. The normalized spacial score (nSPS) is 13.2. The van der Waals surface area contributed by atoms with E-state index >= 15 is 0 Å². The van der Waals surface area contributed by atoms with Crippen molar-refractivity contribution in [3.05, 3.63) is 34.2 Å². The summed E-state index contributed by atoms with van der Waals surface area (Å²) >= 11 is 5.99. The summed E-state index contributed by atoms with van der Waals surface area (Å²) < 4.78 is 1.22. The third-order valence-corrected chi connectivity index (χ3v) is 3.15. The molecule has 0 spiro atoms. The van der Waals surface area contributed by atoms with E-state index in [0.717, 1.165) is 0 Å². The predicted molar refractivity (Wildman–Crippen MR) is 73.1 cm³/mol. The van der Waals surface area contributed by atoms with Crippen molar-refractivity contribution in [3.8, 4) is 0 Å². The molecule has 0 bridgehead atoms. The second-order valence-electron chi connectivity index (χ2n) is 4.67. The molecular formula is C12H18ClN3O2. The van der Waals surface area contributed by atoms with Crippen LogP contribution < -0.4 is 10.9 Å². The van der Waals surface area contributed by atoms with Gasteiger partial charge in [0, 0.05) is 0 Å². The zero-order valence-corrected chi connectivity index (χ0v) is 11.5. The summed E-state index contributed by atoms with van der Waals surface area (Å²) in [5.74, 6) is 0. The van der Waals surface area contributed by atoms with Gasteiger partial charge in [-0.25, -0.2) is 4.68 Å². The molecule has 0 amide bonds. The molecule has 0 aliphatic rings. The molecule has 0 saturated carbocycles. The highest BCUT2D eigenvalue weighted by atomic mass is 35.5. The van der Waals surface area contributed by atoms with Crippen LogP contribution in [0.5, 0.6) is 0 Å². The number of allylic oxidation sites excluding steroid dienone is 1. The van der Waals surface area contributed by atoms with Crippen LogP contribution in [0.2, 0.25) is 5.02 Å². The van der Waals surface area contributed by atoms with Crippen molar-refractivity contribution < 1.29 is 5.11 Å². The maximum absolute atomic E-state index is 11.9. The Kier molecular flexibility index (Phi) is 4.53. The molecule has 0 radical (unpaired) electrons. The number of hydrogen-bond donors (Lipinski definition) is 2. The number of aliphatic hydroxyl groups excluding tert-OH is 1. The summed E-state index contributed by atoms with van der Waals surface area (Å²) in [6.45, 7) is 9.12. The fraction of sp³-hybridized carbons (Fsp3) is 0.500. The van der Waals surface area contributed by atoms with Crippen LogP contribution in [0.3, 0.4) is 0 Å². The molecule has 1 aromatic rings. The van der Waals surface area contributed by atoms with Crippen LogP contribution in [0.15, 0.2) is 23.6 Å². The largest absolute Gasteiger partial charge is 0.391 e. The molecule has 0 aliphatic heterocycles. The van der Waals surface area contributed by atoms with Gasteiger partial charge in [0.1, 0.15) is 5.02 Å². The Bertz CT molecular complexity index is 495. The average molecular weight is 272 g/mol. The van der Waals surface area contributed by atoms with Gasteiger partial charge in [-0.05, 0) is 20.8 Å². The number of anilines is 1. The second-order valence-corrected chi connectivity index (χ2v) is 5.05. The van der Waals surface area contributed by atoms with Crippen molar-refractivity contribution in [2.45, 2.75) is 39.0 Å². The quantitative estimate of drug-likeness (QED) is 0.799. The highest BCUT2D eigenvalue weighted by Crippen LogP contribution is 2.22. The summed E-state index contributed by atoms with van der Waals surface area (Å²) in [7, 11) is 0. The van der Waals surface area contributed by atoms with Crippen molar-refractivity contribution in [1.82, 2.24) is 9.78 Å². The SMILES string of the molecule is C=CCn1ncc(NC(C)(C)C(C)O)c(Cl)c1=O. The Morgan fingerprint density at radius 2 is 2.33 bits per heavy atom. The van der Waals surface area contributed by atoms with Gasteiger partial charge in [0.25, 0.3) is 5.56 Å². The maximum atomic E-state index is 11.9. The van der Waals surface area contributed by atoms with Crippen LogP contribution in [0, 0.1) is 0 Å². The van der Waals surface area contributed by atoms with Gasteiger partial charge in [0.15, 0.2) is 0 Å². The van der Waals surface area contributed by atoms with Crippen LogP contribution in [0.1, 0.15) is 20.8 Å². The second kappa shape index (κ2) is 5.54. The minimum absolute atomic E-state index is 0.0561. The Morgan fingerprint density at radius 1 is 1.72 bits per heavy atom. The lowest BCUT2D eigenvalue weighted by molar-refractivity contribution is 0.133. The van der Waals surface area contributed by atoms with Crippen LogP contribution >= 0.6 is 11.6 Å². The molecule has 5 nitrogen and oxygen atoms in total. The lowest BCUT2D eigenvalue weighted by Gasteiger charge is -2.30. The molecule has 1 aromatic heterocycles. The van der Waals surface area contributed by atoms with E-state index in [9.17, 15) is 9.90 Å². The molecule has 1 unspecified atom stereocenters. The Morgan fingerprint density at radius 3 is 2.83 bits per heavy atom. The van der Waals surface area contributed by atoms with Gasteiger partial charge in [0.2, 0.25) is 0 Å². The topological polar surface area (TPSA) is 67.2 Å². The number of nitrogens with one attached hydrogen (secondary N) is 1. The van der Waals surface area contributed by atoms with Crippen molar-refractivity contribution in [2.75, 3.05) is 5.32 Å². The van der Waals surface area contributed by atoms with E-state index in [1.54, 1.807) is 13.0 Å². The van der Waals surface area contributed by atoms with Crippen molar-refractivity contribution in [3.63, 3.8) is 0 Å². The van der Waals surface area contributed by atoms with Gasteiger partial charge in [-0.1, -0.05) is 17.7 Å². The Labute approximate surface area is 111 Å². The van der Waals surface area contributed by atoms with Gasteiger partial charge in [-0.15, -0.1) is 6.58 Å². The minimum atomic E-state index is -0.609. The number of aromatic nitrogens is 2. The predicted octanol–water partition coefficient (Wildman–Crippen LogP) is 1.65. The minimum Gasteiger partial charge on any atom is -0.391 e. The summed E-state index contributed by atoms with van der Waals surface area (Å²) in [6.07, 6.45) is 2.43. The van der Waals surface area contributed by atoms with Gasteiger partial charge in [-0.3, -0.25) is 4.79 Å². The summed E-state index contributed by atoms with van der Waals surface area (Å²) in [5.41, 5.74) is -0.585. The number of rotatable bonds is 5.